The van der Waals surface area contributed by atoms with E-state index in [2.05, 4.69) is 12.2 Å². The van der Waals surface area contributed by atoms with Crippen LogP contribution in [0.25, 0.3) is 0 Å². The van der Waals surface area contributed by atoms with Gasteiger partial charge in [-0.1, -0.05) is 0 Å². The van der Waals surface area contributed by atoms with Crippen LogP contribution >= 0.6 is 11.3 Å². The van der Waals surface area contributed by atoms with Gasteiger partial charge in [-0.25, -0.2) is 8.42 Å². The van der Waals surface area contributed by atoms with E-state index in [1.807, 2.05) is 18.7 Å². The molecule has 2 aliphatic rings. The fourth-order valence-corrected chi connectivity index (χ4v) is 6.71. The van der Waals surface area contributed by atoms with Crippen LogP contribution in [0, 0.1) is 19.8 Å². The van der Waals surface area contributed by atoms with Gasteiger partial charge in [0.25, 0.3) is 0 Å². The van der Waals surface area contributed by atoms with E-state index in [1.54, 1.807) is 6.07 Å². The molecule has 0 spiro atoms. The van der Waals surface area contributed by atoms with E-state index in [0.717, 1.165) is 29.1 Å². The maximum absolute atomic E-state index is 12.9. The molecule has 140 valence electrons. The predicted molar refractivity (Wildman–Crippen MR) is 99.3 cm³/mol. The van der Waals surface area contributed by atoms with E-state index in [0.29, 0.717) is 37.1 Å². The smallest absolute Gasteiger partial charge is 0.244 e. The molecule has 1 amide bonds. The third-order valence-electron chi connectivity index (χ3n) is 5.14. The summed E-state index contributed by atoms with van der Waals surface area (Å²) in [7, 11) is -3.46. The monoisotopic (exact) mass is 385 g/mol. The fraction of sp³-hybridized carbons (Fsp3) is 0.706. The number of aryl methyl sites for hydroxylation is 2. The van der Waals surface area contributed by atoms with Crippen LogP contribution in [0.2, 0.25) is 0 Å². The van der Waals surface area contributed by atoms with Crippen molar-refractivity contribution < 1.29 is 13.2 Å². The summed E-state index contributed by atoms with van der Waals surface area (Å²) in [6.07, 6.45) is 1.74. The molecule has 2 fully saturated rings. The van der Waals surface area contributed by atoms with Crippen LogP contribution in [0.3, 0.4) is 0 Å². The second-order valence-electron chi connectivity index (χ2n) is 7.08. The molecular formula is C17H27N3O3S2. The molecule has 3 heterocycles. The quantitative estimate of drug-likeness (QED) is 0.858. The van der Waals surface area contributed by atoms with Gasteiger partial charge in [0.05, 0.1) is 4.90 Å². The van der Waals surface area contributed by atoms with Crippen molar-refractivity contribution >= 4 is 27.3 Å². The van der Waals surface area contributed by atoms with Crippen molar-refractivity contribution in [1.29, 1.82) is 0 Å². The fourth-order valence-electron chi connectivity index (χ4n) is 3.77. The summed E-state index contributed by atoms with van der Waals surface area (Å²) < 4.78 is 27.3. The summed E-state index contributed by atoms with van der Waals surface area (Å²) in [4.78, 5) is 16.8. The largest absolute Gasteiger partial charge is 0.340 e. The highest BCUT2D eigenvalue weighted by molar-refractivity contribution is 7.89. The molecule has 1 aromatic rings. The number of rotatable bonds is 3. The van der Waals surface area contributed by atoms with Crippen LogP contribution in [0.1, 0.15) is 29.5 Å². The van der Waals surface area contributed by atoms with E-state index in [4.69, 9.17) is 0 Å². The first-order valence-corrected chi connectivity index (χ1v) is 11.1. The summed E-state index contributed by atoms with van der Waals surface area (Å²) in [5.41, 5.74) is 0. The Kier molecular flexibility index (Phi) is 5.53. The van der Waals surface area contributed by atoms with Crippen molar-refractivity contribution in [1.82, 2.24) is 14.5 Å². The van der Waals surface area contributed by atoms with E-state index in [9.17, 15) is 13.2 Å². The van der Waals surface area contributed by atoms with Gasteiger partial charge in [-0.3, -0.25) is 4.79 Å². The number of carbonyl (C=O) groups is 1. The second-order valence-corrected chi connectivity index (χ2v) is 10.5. The Morgan fingerprint density at radius 1 is 1.24 bits per heavy atom. The topological polar surface area (TPSA) is 69.7 Å². The zero-order chi connectivity index (χ0) is 18.2. The maximum Gasteiger partial charge on any atom is 0.244 e. The molecule has 0 radical (unpaired) electrons. The Morgan fingerprint density at radius 3 is 2.48 bits per heavy atom. The van der Waals surface area contributed by atoms with Gasteiger partial charge in [-0.2, -0.15) is 4.31 Å². The first kappa shape index (κ1) is 18.8. The number of amides is 1. The average molecular weight is 386 g/mol. The lowest BCUT2D eigenvalue weighted by molar-refractivity contribution is -0.137. The molecule has 25 heavy (non-hydrogen) atoms. The molecule has 1 N–H and O–H groups in total. The number of thiophene rings is 1. The highest BCUT2D eigenvalue weighted by Gasteiger charge is 2.34. The number of nitrogens with one attached hydrogen (secondary N) is 1. The molecule has 0 unspecified atom stereocenters. The van der Waals surface area contributed by atoms with E-state index in [1.165, 1.54) is 15.6 Å². The summed E-state index contributed by atoms with van der Waals surface area (Å²) in [5, 5.41) is 3.36. The molecule has 2 aliphatic heterocycles. The molecular weight excluding hydrogens is 358 g/mol. The molecule has 2 atom stereocenters. The van der Waals surface area contributed by atoms with E-state index in [-0.39, 0.29) is 11.8 Å². The lowest BCUT2D eigenvalue weighted by Gasteiger charge is -2.37. The Labute approximate surface area is 154 Å². The Hall–Kier alpha value is -0.960. The van der Waals surface area contributed by atoms with Crippen molar-refractivity contribution in [2.75, 3.05) is 32.7 Å². The highest BCUT2D eigenvalue weighted by atomic mass is 32.2. The lowest BCUT2D eigenvalue weighted by atomic mass is 9.92. The van der Waals surface area contributed by atoms with Gasteiger partial charge in [-0.15, -0.1) is 11.3 Å². The van der Waals surface area contributed by atoms with Crippen LogP contribution in [-0.2, 0) is 14.8 Å². The van der Waals surface area contributed by atoms with Crippen molar-refractivity contribution in [2.24, 2.45) is 5.92 Å². The predicted octanol–water partition coefficient (Wildman–Crippen LogP) is 1.59. The number of nitrogens with zero attached hydrogens (tertiary/aromatic N) is 2. The Morgan fingerprint density at radius 2 is 1.92 bits per heavy atom. The summed E-state index contributed by atoms with van der Waals surface area (Å²) in [6.45, 7) is 8.48. The van der Waals surface area contributed by atoms with E-state index < -0.39 is 10.0 Å². The highest BCUT2D eigenvalue weighted by Crippen LogP contribution is 2.28. The number of hydrogen-bond acceptors (Lipinski definition) is 5. The van der Waals surface area contributed by atoms with Crippen LogP contribution in [-0.4, -0.2) is 62.3 Å². The van der Waals surface area contributed by atoms with Crippen LogP contribution in [0.5, 0.6) is 0 Å². The maximum atomic E-state index is 12.9. The zero-order valence-electron chi connectivity index (χ0n) is 15.1. The third-order valence-corrected chi connectivity index (χ3v) is 8.26. The van der Waals surface area contributed by atoms with Gasteiger partial charge in [0.15, 0.2) is 0 Å². The summed E-state index contributed by atoms with van der Waals surface area (Å²) in [5.74, 6) is 0.258. The molecule has 8 heteroatoms. The van der Waals surface area contributed by atoms with Gasteiger partial charge in [0.1, 0.15) is 0 Å². The number of piperidine rings is 1. The van der Waals surface area contributed by atoms with Crippen molar-refractivity contribution in [3.63, 3.8) is 0 Å². The molecule has 0 aromatic carbocycles. The number of sulfonamides is 1. The number of hydrogen-bond donors (Lipinski definition) is 1. The SMILES string of the molecule is Cc1cc(S(=O)(=O)N2CCN(C(=O)[C@H]3CCN[C@@H](C)C3)CC2)c(C)s1. The molecule has 3 rings (SSSR count). The molecule has 2 saturated heterocycles. The molecule has 1 aromatic heterocycles. The molecule has 6 nitrogen and oxygen atoms in total. The third kappa shape index (κ3) is 3.92. The van der Waals surface area contributed by atoms with E-state index >= 15 is 0 Å². The summed E-state index contributed by atoms with van der Waals surface area (Å²) >= 11 is 1.51. The normalized spacial score (nSPS) is 26.0. The van der Waals surface area contributed by atoms with Crippen LogP contribution in [0.4, 0.5) is 0 Å². The van der Waals surface area contributed by atoms with Crippen LogP contribution in [0.15, 0.2) is 11.0 Å². The molecule has 0 bridgehead atoms. The lowest BCUT2D eigenvalue weighted by Crippen LogP contribution is -2.53. The van der Waals surface area contributed by atoms with Crippen LogP contribution < -0.4 is 5.32 Å². The van der Waals surface area contributed by atoms with Crippen molar-refractivity contribution in [3.05, 3.63) is 15.8 Å². The van der Waals surface area contributed by atoms with Gasteiger partial charge < -0.3 is 10.2 Å². The molecule has 0 saturated carbocycles. The minimum Gasteiger partial charge on any atom is -0.340 e. The van der Waals surface area contributed by atoms with Gasteiger partial charge >= 0.3 is 0 Å². The van der Waals surface area contributed by atoms with Crippen molar-refractivity contribution in [2.45, 2.75) is 44.6 Å². The first-order valence-electron chi connectivity index (χ1n) is 8.88. The zero-order valence-corrected chi connectivity index (χ0v) is 16.8. The van der Waals surface area contributed by atoms with Gasteiger partial charge in [0.2, 0.25) is 15.9 Å². The minimum absolute atomic E-state index is 0.0705. The molecule has 0 aliphatic carbocycles. The number of piperazine rings is 1. The van der Waals surface area contributed by atoms with Gasteiger partial charge in [0, 0.05) is 47.9 Å². The van der Waals surface area contributed by atoms with Gasteiger partial charge in [-0.05, 0) is 46.2 Å². The first-order chi connectivity index (χ1) is 11.8. The Bertz CT molecular complexity index is 736. The van der Waals surface area contributed by atoms with Crippen molar-refractivity contribution in [3.8, 4) is 0 Å². The Balaban J connectivity index is 1.63. The number of carbonyl (C=O) groups excluding carboxylic acids is 1. The summed E-state index contributed by atoms with van der Waals surface area (Å²) in [6, 6.07) is 2.12. The minimum atomic E-state index is -3.46. The standard InChI is InChI=1S/C17H27N3O3S2/c1-12-10-15(4-5-18-12)17(21)19-6-8-20(9-7-19)25(22,23)16-11-13(2)24-14(16)3/h11-12,15,18H,4-10H2,1-3H3/t12-,15-/m0/s1. The average Bonchev–Trinajstić information content (AvgIpc) is 2.93. The second kappa shape index (κ2) is 7.34.